The fraction of sp³-hybridized carbons (Fsp3) is 0.923. The zero-order valence-electron chi connectivity index (χ0n) is 14.8. The maximum atomic E-state index is 12.4. The van der Waals surface area contributed by atoms with Gasteiger partial charge < -0.3 is 13.3 Å². The van der Waals surface area contributed by atoms with Crippen LogP contribution in [0.15, 0.2) is 0 Å². The van der Waals surface area contributed by atoms with Gasteiger partial charge in [0, 0.05) is 0 Å². The molecule has 0 radical (unpaired) electrons. The molecule has 20 heavy (non-hydrogen) atoms. The van der Waals surface area contributed by atoms with Crippen LogP contribution in [-0.2, 0) is 18.1 Å². The Hall–Kier alpha value is 0.0406. The minimum Gasteiger partial charge on any atom is -0.518 e. The predicted molar refractivity (Wildman–Crippen MR) is 91.6 cm³/mol. The molecule has 2 atom stereocenters. The van der Waals surface area contributed by atoms with Gasteiger partial charge in [-0.3, -0.25) is 4.79 Å². The van der Waals surface area contributed by atoms with E-state index in [4.69, 9.17) is 13.3 Å². The number of hydrogen-bond acceptors (Lipinski definition) is 4. The highest BCUT2D eigenvalue weighted by molar-refractivity contribution is 6.72. The second kappa shape index (κ2) is 6.87. The van der Waals surface area contributed by atoms with Crippen molar-refractivity contribution in [3.63, 3.8) is 0 Å². The van der Waals surface area contributed by atoms with Gasteiger partial charge in [-0.1, -0.05) is 0 Å². The fourth-order valence-corrected chi connectivity index (χ4v) is 4.70. The van der Waals surface area contributed by atoms with Gasteiger partial charge in [-0.25, -0.2) is 0 Å². The Morgan fingerprint density at radius 1 is 0.750 bits per heavy atom. The van der Waals surface area contributed by atoms with E-state index in [2.05, 4.69) is 39.3 Å². The first-order chi connectivity index (χ1) is 8.61. The molecule has 0 spiro atoms. The lowest BCUT2D eigenvalue weighted by Gasteiger charge is -2.34. The van der Waals surface area contributed by atoms with Crippen molar-refractivity contribution in [1.82, 2.24) is 0 Å². The largest absolute Gasteiger partial charge is 0.518 e. The van der Waals surface area contributed by atoms with E-state index in [0.29, 0.717) is 0 Å². The van der Waals surface area contributed by atoms with Crippen LogP contribution in [0, 0.1) is 0 Å². The SMILES string of the molecule is C[C@@H](O[Si](C)(C)C)[C@@H](O[Si](C)(C)C)C(=O)O[Si](C)(C)C. The van der Waals surface area contributed by atoms with E-state index in [0.717, 1.165) is 0 Å². The second-order valence-electron chi connectivity index (χ2n) is 8.12. The van der Waals surface area contributed by atoms with Gasteiger partial charge in [0.25, 0.3) is 0 Å². The standard InChI is InChI=1S/C13H32O4Si3/c1-11(15-18(2,3)4)12(16-19(5,6)7)13(14)17-20(8,9)10/h11-12H,1-10H3/t11-,12-/m1/s1. The minimum absolute atomic E-state index is 0.266. The van der Waals surface area contributed by atoms with Gasteiger partial charge in [0.05, 0.1) is 6.10 Å². The number of carbonyl (C=O) groups is 1. The average molecular weight is 337 g/mol. The van der Waals surface area contributed by atoms with Crippen molar-refractivity contribution >= 4 is 30.9 Å². The summed E-state index contributed by atoms with van der Waals surface area (Å²) in [5, 5.41) is 0. The fourth-order valence-electron chi connectivity index (χ4n) is 1.70. The van der Waals surface area contributed by atoms with Gasteiger partial charge in [0.15, 0.2) is 22.7 Å². The maximum Gasteiger partial charge on any atom is 0.323 e. The van der Waals surface area contributed by atoms with Crippen molar-refractivity contribution in [2.75, 3.05) is 0 Å². The van der Waals surface area contributed by atoms with E-state index in [9.17, 15) is 4.79 Å². The lowest BCUT2D eigenvalue weighted by Crippen LogP contribution is -2.49. The molecule has 7 heteroatoms. The molecular weight excluding hydrogens is 304 g/mol. The summed E-state index contributed by atoms with van der Waals surface area (Å²) < 4.78 is 17.7. The van der Waals surface area contributed by atoms with Crippen LogP contribution in [0.25, 0.3) is 0 Å². The summed E-state index contributed by atoms with van der Waals surface area (Å²) in [6.07, 6.45) is -0.877. The Morgan fingerprint density at radius 3 is 1.45 bits per heavy atom. The Balaban J connectivity index is 5.03. The molecule has 0 aliphatic carbocycles. The molecule has 0 rings (SSSR count). The Morgan fingerprint density at radius 2 is 1.15 bits per heavy atom. The predicted octanol–water partition coefficient (Wildman–Crippen LogP) is 3.82. The summed E-state index contributed by atoms with van der Waals surface area (Å²) >= 11 is 0. The van der Waals surface area contributed by atoms with Crippen LogP contribution >= 0.6 is 0 Å². The number of hydrogen-bond donors (Lipinski definition) is 0. The highest BCUT2D eigenvalue weighted by Gasteiger charge is 2.37. The molecule has 0 heterocycles. The van der Waals surface area contributed by atoms with E-state index >= 15 is 0 Å². The van der Waals surface area contributed by atoms with E-state index in [1.807, 2.05) is 26.6 Å². The highest BCUT2D eigenvalue weighted by Crippen LogP contribution is 2.19. The molecule has 120 valence electrons. The normalized spacial score (nSPS) is 16.7. The van der Waals surface area contributed by atoms with Crippen LogP contribution in [0.2, 0.25) is 58.9 Å². The maximum absolute atomic E-state index is 12.4. The summed E-state index contributed by atoms with van der Waals surface area (Å²) in [5.41, 5.74) is 0. The third-order valence-electron chi connectivity index (χ3n) is 2.09. The Labute approximate surface area is 127 Å². The Kier molecular flexibility index (Phi) is 6.88. The van der Waals surface area contributed by atoms with Crippen molar-refractivity contribution in [3.8, 4) is 0 Å². The van der Waals surface area contributed by atoms with E-state index < -0.39 is 31.1 Å². The van der Waals surface area contributed by atoms with Gasteiger partial charge >= 0.3 is 5.97 Å². The molecule has 0 aromatic carbocycles. The highest BCUT2D eigenvalue weighted by atomic mass is 28.4. The molecule has 0 unspecified atom stereocenters. The summed E-state index contributed by atoms with van der Waals surface area (Å²) in [6, 6.07) is 0. The van der Waals surface area contributed by atoms with Gasteiger partial charge in [0.1, 0.15) is 0 Å². The molecule has 0 fully saturated rings. The molecular formula is C13H32O4Si3. The monoisotopic (exact) mass is 336 g/mol. The zero-order chi connectivity index (χ0) is 16.4. The van der Waals surface area contributed by atoms with E-state index in [1.54, 1.807) is 0 Å². The zero-order valence-corrected chi connectivity index (χ0v) is 17.8. The van der Waals surface area contributed by atoms with Gasteiger partial charge in [-0.2, -0.15) is 0 Å². The first-order valence-corrected chi connectivity index (χ1v) is 17.4. The second-order valence-corrected chi connectivity index (χ2v) is 21.5. The molecule has 4 nitrogen and oxygen atoms in total. The Bertz CT molecular complexity index is 326. The summed E-state index contributed by atoms with van der Waals surface area (Å²) in [7, 11) is -5.49. The quantitative estimate of drug-likeness (QED) is 0.663. The first-order valence-electron chi connectivity index (χ1n) is 7.19. The van der Waals surface area contributed by atoms with Crippen molar-refractivity contribution in [2.24, 2.45) is 0 Å². The average Bonchev–Trinajstić information content (AvgIpc) is 2.06. The molecule has 0 bridgehead atoms. The topological polar surface area (TPSA) is 44.8 Å². The molecule has 0 saturated carbocycles. The van der Waals surface area contributed by atoms with E-state index in [1.165, 1.54) is 0 Å². The van der Waals surface area contributed by atoms with E-state index in [-0.39, 0.29) is 12.1 Å². The van der Waals surface area contributed by atoms with Crippen molar-refractivity contribution in [1.29, 1.82) is 0 Å². The van der Waals surface area contributed by atoms with Crippen molar-refractivity contribution in [2.45, 2.75) is 78.1 Å². The molecule has 0 aromatic heterocycles. The lowest BCUT2D eigenvalue weighted by molar-refractivity contribution is -0.147. The molecule has 0 aliphatic heterocycles. The van der Waals surface area contributed by atoms with Gasteiger partial charge in [-0.15, -0.1) is 0 Å². The van der Waals surface area contributed by atoms with Crippen LogP contribution < -0.4 is 0 Å². The minimum atomic E-state index is -1.92. The van der Waals surface area contributed by atoms with Gasteiger partial charge in [-0.05, 0) is 65.8 Å². The third kappa shape index (κ3) is 9.87. The third-order valence-corrected chi connectivity index (χ3v) is 4.94. The van der Waals surface area contributed by atoms with Crippen LogP contribution in [0.3, 0.4) is 0 Å². The number of rotatable bonds is 7. The summed E-state index contributed by atoms with van der Waals surface area (Å²) in [4.78, 5) is 12.4. The lowest BCUT2D eigenvalue weighted by atomic mass is 10.2. The molecule has 0 aromatic rings. The van der Waals surface area contributed by atoms with Crippen molar-refractivity contribution in [3.05, 3.63) is 0 Å². The number of carbonyl (C=O) groups excluding carboxylic acids is 1. The van der Waals surface area contributed by atoms with Gasteiger partial charge in [0.2, 0.25) is 8.32 Å². The van der Waals surface area contributed by atoms with Crippen LogP contribution in [0.5, 0.6) is 0 Å². The molecule has 0 saturated heterocycles. The summed E-state index contributed by atoms with van der Waals surface area (Å²) in [6.45, 7) is 20.5. The molecule has 0 N–H and O–H groups in total. The summed E-state index contributed by atoms with van der Waals surface area (Å²) in [5.74, 6) is -0.266. The van der Waals surface area contributed by atoms with Crippen LogP contribution in [0.1, 0.15) is 6.92 Å². The van der Waals surface area contributed by atoms with Crippen molar-refractivity contribution < 1.29 is 18.1 Å². The smallest absolute Gasteiger partial charge is 0.323 e. The van der Waals surface area contributed by atoms with Crippen LogP contribution in [0.4, 0.5) is 0 Å². The first kappa shape index (κ1) is 20.0. The molecule has 0 aliphatic rings. The molecule has 0 amide bonds. The van der Waals surface area contributed by atoms with Crippen LogP contribution in [-0.4, -0.2) is 43.1 Å².